The average Bonchev–Trinajstić information content (AvgIpc) is 2.38. The van der Waals surface area contributed by atoms with Gasteiger partial charge in [-0.1, -0.05) is 13.5 Å². The average molecular weight is 255 g/mol. The third-order valence-corrected chi connectivity index (χ3v) is 3.77. The summed E-state index contributed by atoms with van der Waals surface area (Å²) in [6.45, 7) is 8.58. The van der Waals surface area contributed by atoms with Crippen LogP contribution < -0.4 is 5.32 Å². The summed E-state index contributed by atoms with van der Waals surface area (Å²) in [6.07, 6.45) is 4.11. The molecule has 4 heteroatoms. The molecule has 0 aromatic carbocycles. The normalized spacial score (nSPS) is 27.8. The molecular formula is C14H25NO3. The highest BCUT2D eigenvalue weighted by Gasteiger charge is 2.33. The van der Waals surface area contributed by atoms with Gasteiger partial charge < -0.3 is 15.2 Å². The molecule has 1 fully saturated rings. The highest BCUT2D eigenvalue weighted by Crippen LogP contribution is 2.31. The van der Waals surface area contributed by atoms with Crippen molar-refractivity contribution in [2.24, 2.45) is 5.92 Å². The van der Waals surface area contributed by atoms with E-state index in [0.717, 1.165) is 31.6 Å². The van der Waals surface area contributed by atoms with Crippen molar-refractivity contribution >= 4 is 5.97 Å². The van der Waals surface area contributed by atoms with Crippen molar-refractivity contribution in [3.8, 4) is 0 Å². The number of aliphatic hydroxyl groups is 1. The number of ether oxygens (including phenoxy) is 1. The number of rotatable bonds is 6. The number of aliphatic hydroxyl groups excluding tert-OH is 1. The van der Waals surface area contributed by atoms with Crippen LogP contribution in [0.3, 0.4) is 0 Å². The van der Waals surface area contributed by atoms with E-state index in [1.54, 1.807) is 6.92 Å². The van der Waals surface area contributed by atoms with E-state index in [1.807, 2.05) is 0 Å². The fraction of sp³-hybridized carbons (Fsp3) is 0.786. The topological polar surface area (TPSA) is 58.6 Å². The number of carbonyl (C=O) groups excluding carboxylic acids is 1. The van der Waals surface area contributed by atoms with Crippen LogP contribution in [0.4, 0.5) is 0 Å². The van der Waals surface area contributed by atoms with Gasteiger partial charge in [0.05, 0.1) is 13.2 Å². The van der Waals surface area contributed by atoms with E-state index < -0.39 is 0 Å². The maximum atomic E-state index is 11.4. The Labute approximate surface area is 109 Å². The summed E-state index contributed by atoms with van der Waals surface area (Å²) in [6, 6.07) is 0. The second-order valence-electron chi connectivity index (χ2n) is 5.30. The smallest absolute Gasteiger partial charge is 0.334 e. The molecule has 0 aromatic heterocycles. The molecule has 104 valence electrons. The summed E-state index contributed by atoms with van der Waals surface area (Å²) >= 11 is 0. The van der Waals surface area contributed by atoms with Gasteiger partial charge in [0.2, 0.25) is 0 Å². The Morgan fingerprint density at radius 2 is 2.11 bits per heavy atom. The maximum absolute atomic E-state index is 11.4. The first-order valence-electron chi connectivity index (χ1n) is 6.74. The lowest BCUT2D eigenvalue weighted by molar-refractivity contribution is -0.138. The van der Waals surface area contributed by atoms with Gasteiger partial charge in [-0.25, -0.2) is 4.79 Å². The van der Waals surface area contributed by atoms with Crippen LogP contribution in [0.15, 0.2) is 12.2 Å². The second kappa shape index (κ2) is 6.90. The summed E-state index contributed by atoms with van der Waals surface area (Å²) in [5.41, 5.74) is 0.172. The van der Waals surface area contributed by atoms with Crippen LogP contribution in [0, 0.1) is 5.92 Å². The lowest BCUT2D eigenvalue weighted by Gasteiger charge is -2.39. The molecule has 2 N–H and O–H groups in total. The molecule has 0 aromatic rings. The van der Waals surface area contributed by atoms with Crippen molar-refractivity contribution < 1.29 is 14.6 Å². The van der Waals surface area contributed by atoms with Crippen molar-refractivity contribution in [3.63, 3.8) is 0 Å². The molecule has 1 rings (SSSR count). The molecule has 0 radical (unpaired) electrons. The predicted molar refractivity (Wildman–Crippen MR) is 71.2 cm³/mol. The molecule has 1 aliphatic rings. The zero-order valence-electron chi connectivity index (χ0n) is 11.5. The Bertz CT molecular complexity index is 293. The molecule has 4 nitrogen and oxygen atoms in total. The van der Waals surface area contributed by atoms with Crippen LogP contribution in [-0.2, 0) is 9.53 Å². The molecule has 0 aliphatic heterocycles. The van der Waals surface area contributed by atoms with Gasteiger partial charge in [0.15, 0.2) is 0 Å². The van der Waals surface area contributed by atoms with E-state index in [4.69, 9.17) is 4.74 Å². The third-order valence-electron chi connectivity index (χ3n) is 3.77. The van der Waals surface area contributed by atoms with Crippen LogP contribution >= 0.6 is 0 Å². The van der Waals surface area contributed by atoms with Gasteiger partial charge in [-0.15, -0.1) is 0 Å². The minimum Gasteiger partial charge on any atom is -0.463 e. The minimum absolute atomic E-state index is 0.107. The standard InChI is InChI=1S/C14H25NO3/c1-4-18-13(17)12(3)9-15-14(10-16)7-5-11(2)6-8-14/h11,15-16H,3-10H2,1-2H3. The Morgan fingerprint density at radius 3 is 2.61 bits per heavy atom. The van der Waals surface area contributed by atoms with Gasteiger partial charge in [0.25, 0.3) is 0 Å². The van der Waals surface area contributed by atoms with Crippen LogP contribution in [0.1, 0.15) is 39.5 Å². The van der Waals surface area contributed by atoms with E-state index >= 15 is 0 Å². The van der Waals surface area contributed by atoms with E-state index in [1.165, 1.54) is 0 Å². The molecule has 0 unspecified atom stereocenters. The minimum atomic E-state index is -0.359. The van der Waals surface area contributed by atoms with E-state index in [-0.39, 0.29) is 18.1 Å². The Morgan fingerprint density at radius 1 is 1.50 bits per heavy atom. The molecular weight excluding hydrogens is 230 g/mol. The van der Waals surface area contributed by atoms with E-state index in [0.29, 0.717) is 18.7 Å². The molecule has 1 saturated carbocycles. The second-order valence-corrected chi connectivity index (χ2v) is 5.30. The summed E-state index contributed by atoms with van der Waals surface area (Å²) in [4.78, 5) is 11.4. The Balaban J connectivity index is 2.44. The predicted octanol–water partition coefficient (Wildman–Crippen LogP) is 1.64. The van der Waals surface area contributed by atoms with Crippen LogP contribution in [0.25, 0.3) is 0 Å². The van der Waals surface area contributed by atoms with Crippen molar-refractivity contribution in [1.82, 2.24) is 5.32 Å². The first kappa shape index (κ1) is 15.2. The fourth-order valence-electron chi connectivity index (χ4n) is 2.31. The van der Waals surface area contributed by atoms with Crippen LogP contribution in [-0.4, -0.2) is 36.4 Å². The van der Waals surface area contributed by atoms with Crippen LogP contribution in [0.2, 0.25) is 0 Å². The molecule has 0 heterocycles. The third kappa shape index (κ3) is 4.10. The van der Waals surface area contributed by atoms with E-state index in [2.05, 4.69) is 18.8 Å². The lowest BCUT2D eigenvalue weighted by atomic mass is 9.77. The van der Waals surface area contributed by atoms with E-state index in [9.17, 15) is 9.90 Å². The Kier molecular flexibility index (Phi) is 5.82. The lowest BCUT2D eigenvalue weighted by Crippen LogP contribution is -2.51. The highest BCUT2D eigenvalue weighted by atomic mass is 16.5. The number of esters is 1. The summed E-state index contributed by atoms with van der Waals surface area (Å²) < 4.78 is 4.89. The van der Waals surface area contributed by atoms with Gasteiger partial charge >= 0.3 is 5.97 Å². The van der Waals surface area contributed by atoms with Gasteiger partial charge in [-0.3, -0.25) is 0 Å². The van der Waals surface area contributed by atoms with Crippen molar-refractivity contribution in [1.29, 1.82) is 0 Å². The number of hydrogen-bond donors (Lipinski definition) is 2. The molecule has 1 aliphatic carbocycles. The van der Waals surface area contributed by atoms with Gasteiger partial charge in [0, 0.05) is 17.7 Å². The molecule has 18 heavy (non-hydrogen) atoms. The first-order valence-corrected chi connectivity index (χ1v) is 6.74. The molecule has 0 saturated heterocycles. The zero-order chi connectivity index (χ0) is 13.6. The van der Waals surface area contributed by atoms with Crippen molar-refractivity contribution in [2.45, 2.75) is 45.1 Å². The fourth-order valence-corrected chi connectivity index (χ4v) is 2.31. The summed E-state index contributed by atoms with van der Waals surface area (Å²) in [5, 5.41) is 12.9. The van der Waals surface area contributed by atoms with Crippen molar-refractivity contribution in [3.05, 3.63) is 12.2 Å². The van der Waals surface area contributed by atoms with Gasteiger partial charge in [-0.05, 0) is 38.5 Å². The highest BCUT2D eigenvalue weighted by molar-refractivity contribution is 5.88. The largest absolute Gasteiger partial charge is 0.463 e. The first-order chi connectivity index (χ1) is 8.53. The number of hydrogen-bond acceptors (Lipinski definition) is 4. The molecule has 0 atom stereocenters. The molecule has 0 bridgehead atoms. The van der Waals surface area contributed by atoms with Gasteiger partial charge in [-0.2, -0.15) is 0 Å². The van der Waals surface area contributed by atoms with Gasteiger partial charge in [0.1, 0.15) is 0 Å². The summed E-state index contributed by atoms with van der Waals surface area (Å²) in [7, 11) is 0. The zero-order valence-corrected chi connectivity index (χ0v) is 11.5. The molecule has 0 amide bonds. The molecule has 0 spiro atoms. The summed E-state index contributed by atoms with van der Waals surface area (Å²) in [5.74, 6) is 0.363. The quantitative estimate of drug-likeness (QED) is 0.559. The number of carbonyl (C=O) groups is 1. The maximum Gasteiger partial charge on any atom is 0.334 e. The number of nitrogens with one attached hydrogen (secondary N) is 1. The van der Waals surface area contributed by atoms with Crippen molar-refractivity contribution in [2.75, 3.05) is 19.8 Å². The Hall–Kier alpha value is -0.870. The van der Waals surface area contributed by atoms with Crippen LogP contribution in [0.5, 0.6) is 0 Å². The monoisotopic (exact) mass is 255 g/mol. The SMILES string of the molecule is C=C(CNC1(CO)CCC(C)CC1)C(=O)OCC.